The Morgan fingerprint density at radius 3 is 2.91 bits per heavy atom. The quantitative estimate of drug-likeness (QED) is 0.752. The molecule has 0 bridgehead atoms. The van der Waals surface area contributed by atoms with Crippen LogP contribution in [-0.2, 0) is 4.74 Å². The van der Waals surface area contributed by atoms with Gasteiger partial charge in [-0.15, -0.1) is 0 Å². The molecule has 0 spiro atoms. The summed E-state index contributed by atoms with van der Waals surface area (Å²) in [6, 6.07) is 10.2. The number of fused-ring (bicyclic) bond motifs is 1. The molecule has 1 N–H and O–H groups in total. The second-order valence-electron chi connectivity index (χ2n) is 4.86. The van der Waals surface area contributed by atoms with Crippen LogP contribution in [0.3, 0.4) is 0 Å². The van der Waals surface area contributed by atoms with Crippen LogP contribution < -0.4 is 5.32 Å². The molecule has 0 saturated carbocycles. The van der Waals surface area contributed by atoms with Crippen molar-refractivity contribution in [3.63, 3.8) is 0 Å². The SMILES string of the molecule is CCOC(=O)c1ccccc1NC(=O)c1ccn2cncc2c1. The number of ether oxygens (including phenoxy) is 1. The van der Waals surface area contributed by atoms with E-state index < -0.39 is 5.97 Å². The first kappa shape index (κ1) is 14.8. The number of rotatable bonds is 4. The number of esters is 1. The molecule has 1 amide bonds. The van der Waals surface area contributed by atoms with Crippen molar-refractivity contribution in [3.05, 3.63) is 66.2 Å². The number of nitrogens with one attached hydrogen (secondary N) is 1. The monoisotopic (exact) mass is 309 g/mol. The Labute approximate surface area is 132 Å². The zero-order chi connectivity index (χ0) is 16.2. The lowest BCUT2D eigenvalue weighted by atomic mass is 10.1. The van der Waals surface area contributed by atoms with Crippen LogP contribution >= 0.6 is 0 Å². The van der Waals surface area contributed by atoms with Crippen LogP contribution in [0.2, 0.25) is 0 Å². The van der Waals surface area contributed by atoms with Gasteiger partial charge >= 0.3 is 5.97 Å². The largest absolute Gasteiger partial charge is 0.462 e. The molecule has 6 heteroatoms. The van der Waals surface area contributed by atoms with E-state index in [2.05, 4.69) is 10.3 Å². The molecule has 116 valence electrons. The van der Waals surface area contributed by atoms with Crippen molar-refractivity contribution in [3.8, 4) is 0 Å². The standard InChI is InChI=1S/C17H15N3O3/c1-2-23-17(22)14-5-3-4-6-15(14)19-16(21)12-7-8-20-11-18-10-13(20)9-12/h3-11H,2H2,1H3,(H,19,21). The molecule has 0 aliphatic carbocycles. The Kier molecular flexibility index (Phi) is 4.05. The van der Waals surface area contributed by atoms with Crippen molar-refractivity contribution >= 4 is 23.1 Å². The molecular weight excluding hydrogens is 294 g/mol. The van der Waals surface area contributed by atoms with Gasteiger partial charge < -0.3 is 14.5 Å². The summed E-state index contributed by atoms with van der Waals surface area (Å²) >= 11 is 0. The second-order valence-corrected chi connectivity index (χ2v) is 4.86. The Hall–Kier alpha value is -3.15. The number of anilines is 1. The third kappa shape index (κ3) is 3.06. The summed E-state index contributed by atoms with van der Waals surface area (Å²) in [4.78, 5) is 28.4. The van der Waals surface area contributed by atoms with Gasteiger partial charge in [-0.05, 0) is 31.2 Å². The van der Waals surface area contributed by atoms with Gasteiger partial charge in [0, 0.05) is 11.8 Å². The molecule has 3 aromatic rings. The lowest BCUT2D eigenvalue weighted by Gasteiger charge is -2.10. The van der Waals surface area contributed by atoms with Crippen LogP contribution in [0.5, 0.6) is 0 Å². The van der Waals surface area contributed by atoms with E-state index in [1.807, 2.05) is 4.40 Å². The Balaban J connectivity index is 1.86. The first-order valence-corrected chi connectivity index (χ1v) is 7.18. The van der Waals surface area contributed by atoms with E-state index in [4.69, 9.17) is 4.74 Å². The number of aromatic nitrogens is 2. The van der Waals surface area contributed by atoms with Crippen LogP contribution in [0.1, 0.15) is 27.6 Å². The highest BCUT2D eigenvalue weighted by Gasteiger charge is 2.15. The lowest BCUT2D eigenvalue weighted by Crippen LogP contribution is -2.16. The fraction of sp³-hybridized carbons (Fsp3) is 0.118. The summed E-state index contributed by atoms with van der Waals surface area (Å²) in [6.45, 7) is 2.01. The number of carbonyl (C=O) groups is 2. The molecule has 0 fully saturated rings. The van der Waals surface area contributed by atoms with Gasteiger partial charge in [0.05, 0.1) is 35.9 Å². The summed E-state index contributed by atoms with van der Waals surface area (Å²) in [5.74, 6) is -0.764. The van der Waals surface area contributed by atoms with Crippen molar-refractivity contribution in [2.45, 2.75) is 6.92 Å². The molecule has 23 heavy (non-hydrogen) atoms. The predicted octanol–water partition coefficient (Wildman–Crippen LogP) is 2.76. The lowest BCUT2D eigenvalue weighted by molar-refractivity contribution is 0.0527. The number of para-hydroxylation sites is 1. The second kappa shape index (κ2) is 6.31. The number of hydrogen-bond acceptors (Lipinski definition) is 4. The van der Waals surface area contributed by atoms with Crippen molar-refractivity contribution in [1.82, 2.24) is 9.38 Å². The first-order chi connectivity index (χ1) is 11.2. The van der Waals surface area contributed by atoms with Gasteiger partial charge in [0.2, 0.25) is 0 Å². The van der Waals surface area contributed by atoms with Crippen molar-refractivity contribution in [2.75, 3.05) is 11.9 Å². The molecular formula is C17H15N3O3. The summed E-state index contributed by atoms with van der Waals surface area (Å²) in [6.07, 6.45) is 5.09. The molecule has 3 rings (SSSR count). The van der Waals surface area contributed by atoms with Crippen molar-refractivity contribution in [1.29, 1.82) is 0 Å². The average Bonchev–Trinajstić information content (AvgIpc) is 3.03. The highest BCUT2D eigenvalue weighted by Crippen LogP contribution is 2.18. The third-order valence-electron chi connectivity index (χ3n) is 3.35. The molecule has 0 atom stereocenters. The van der Waals surface area contributed by atoms with E-state index in [1.165, 1.54) is 0 Å². The van der Waals surface area contributed by atoms with Gasteiger partial charge in [0.1, 0.15) is 0 Å². The zero-order valence-electron chi connectivity index (χ0n) is 12.5. The Bertz CT molecular complexity index is 870. The van der Waals surface area contributed by atoms with Crippen LogP contribution in [-0.4, -0.2) is 27.9 Å². The summed E-state index contributed by atoms with van der Waals surface area (Å²) in [5, 5.41) is 2.75. The molecule has 0 radical (unpaired) electrons. The number of nitrogens with zero attached hydrogens (tertiary/aromatic N) is 2. The molecule has 0 aliphatic heterocycles. The van der Waals surface area contributed by atoms with Crippen LogP contribution in [0.4, 0.5) is 5.69 Å². The number of benzene rings is 1. The fourth-order valence-electron chi connectivity index (χ4n) is 2.23. The highest BCUT2D eigenvalue weighted by atomic mass is 16.5. The predicted molar refractivity (Wildman–Crippen MR) is 85.5 cm³/mol. The average molecular weight is 309 g/mol. The molecule has 0 aliphatic rings. The fourth-order valence-corrected chi connectivity index (χ4v) is 2.23. The molecule has 2 aromatic heterocycles. The van der Waals surface area contributed by atoms with E-state index in [9.17, 15) is 9.59 Å². The number of carbonyl (C=O) groups excluding carboxylic acids is 2. The summed E-state index contributed by atoms with van der Waals surface area (Å²) < 4.78 is 6.81. The zero-order valence-corrected chi connectivity index (χ0v) is 12.5. The first-order valence-electron chi connectivity index (χ1n) is 7.18. The molecule has 1 aromatic carbocycles. The third-order valence-corrected chi connectivity index (χ3v) is 3.35. The number of imidazole rings is 1. The van der Waals surface area contributed by atoms with Crippen molar-refractivity contribution in [2.24, 2.45) is 0 Å². The minimum Gasteiger partial charge on any atom is -0.462 e. The van der Waals surface area contributed by atoms with Gasteiger partial charge in [-0.3, -0.25) is 4.79 Å². The Morgan fingerprint density at radius 1 is 1.26 bits per heavy atom. The van der Waals surface area contributed by atoms with Gasteiger partial charge in [-0.2, -0.15) is 0 Å². The minimum absolute atomic E-state index is 0.277. The van der Waals surface area contributed by atoms with E-state index >= 15 is 0 Å². The molecule has 0 unspecified atom stereocenters. The van der Waals surface area contributed by atoms with Gasteiger partial charge in [-0.1, -0.05) is 12.1 Å². The maximum Gasteiger partial charge on any atom is 0.340 e. The van der Waals surface area contributed by atoms with Crippen LogP contribution in [0.15, 0.2) is 55.1 Å². The molecule has 6 nitrogen and oxygen atoms in total. The van der Waals surface area contributed by atoms with Crippen LogP contribution in [0.25, 0.3) is 5.52 Å². The smallest absolute Gasteiger partial charge is 0.340 e. The maximum absolute atomic E-state index is 12.4. The normalized spacial score (nSPS) is 10.5. The summed E-state index contributed by atoms with van der Waals surface area (Å²) in [7, 11) is 0. The van der Waals surface area contributed by atoms with Gasteiger partial charge in [0.15, 0.2) is 0 Å². The minimum atomic E-state index is -0.463. The maximum atomic E-state index is 12.4. The molecule has 2 heterocycles. The molecule has 0 saturated heterocycles. The summed E-state index contributed by atoms with van der Waals surface area (Å²) in [5.41, 5.74) is 2.05. The number of amides is 1. The van der Waals surface area contributed by atoms with E-state index in [-0.39, 0.29) is 12.5 Å². The van der Waals surface area contributed by atoms with Gasteiger partial charge in [-0.25, -0.2) is 9.78 Å². The van der Waals surface area contributed by atoms with E-state index in [1.54, 1.807) is 62.0 Å². The topological polar surface area (TPSA) is 72.7 Å². The highest BCUT2D eigenvalue weighted by molar-refractivity contribution is 6.08. The van der Waals surface area contributed by atoms with Crippen LogP contribution in [0, 0.1) is 0 Å². The van der Waals surface area contributed by atoms with E-state index in [0.717, 1.165) is 5.52 Å². The number of pyridine rings is 1. The van der Waals surface area contributed by atoms with Gasteiger partial charge in [0.25, 0.3) is 5.91 Å². The van der Waals surface area contributed by atoms with E-state index in [0.29, 0.717) is 16.8 Å². The Morgan fingerprint density at radius 2 is 2.09 bits per heavy atom. The van der Waals surface area contributed by atoms with Crippen molar-refractivity contribution < 1.29 is 14.3 Å². The number of hydrogen-bond donors (Lipinski definition) is 1.